The maximum atomic E-state index is 10.9. The minimum Gasteiger partial charge on any atom is -0.314 e. The summed E-state index contributed by atoms with van der Waals surface area (Å²) in [6.07, 6.45) is 1.25. The van der Waals surface area contributed by atoms with E-state index in [4.69, 9.17) is 0 Å². The maximum absolute atomic E-state index is 10.9. The SMILES string of the molecule is CC.CS(=O)(=O)N1CCNCC1. The Morgan fingerprint density at radius 3 is 1.83 bits per heavy atom. The molecule has 74 valence electrons. The molecule has 0 saturated carbocycles. The summed E-state index contributed by atoms with van der Waals surface area (Å²) in [5.74, 6) is 0. The van der Waals surface area contributed by atoms with Crippen LogP contribution < -0.4 is 5.32 Å². The highest BCUT2D eigenvalue weighted by molar-refractivity contribution is 7.88. The van der Waals surface area contributed by atoms with E-state index in [2.05, 4.69) is 5.32 Å². The van der Waals surface area contributed by atoms with Crippen molar-refractivity contribution in [2.24, 2.45) is 0 Å². The molecule has 1 heterocycles. The van der Waals surface area contributed by atoms with Crippen molar-refractivity contribution in [2.45, 2.75) is 13.8 Å². The van der Waals surface area contributed by atoms with E-state index in [1.165, 1.54) is 10.6 Å². The molecule has 0 radical (unpaired) electrons. The van der Waals surface area contributed by atoms with Crippen molar-refractivity contribution in [3.8, 4) is 0 Å². The van der Waals surface area contributed by atoms with Crippen molar-refractivity contribution in [2.75, 3.05) is 32.4 Å². The molecule has 0 aromatic heterocycles. The van der Waals surface area contributed by atoms with Crippen molar-refractivity contribution < 1.29 is 8.42 Å². The molecule has 12 heavy (non-hydrogen) atoms. The first-order valence-electron chi connectivity index (χ1n) is 4.26. The predicted molar refractivity (Wildman–Crippen MR) is 50.6 cm³/mol. The first-order chi connectivity index (χ1) is 5.61. The normalized spacial score (nSPS) is 19.6. The van der Waals surface area contributed by atoms with Crippen LogP contribution in [0.4, 0.5) is 0 Å². The Hall–Kier alpha value is -0.130. The summed E-state index contributed by atoms with van der Waals surface area (Å²) in [7, 11) is -2.93. The van der Waals surface area contributed by atoms with Crippen molar-refractivity contribution in [1.29, 1.82) is 0 Å². The lowest BCUT2D eigenvalue weighted by molar-refractivity contribution is 0.363. The van der Waals surface area contributed by atoms with Gasteiger partial charge in [-0.25, -0.2) is 8.42 Å². The Bertz CT molecular complexity index is 195. The second-order valence-corrected chi connectivity index (χ2v) is 4.39. The number of hydrogen-bond acceptors (Lipinski definition) is 3. The Kier molecular flexibility index (Phi) is 5.44. The van der Waals surface area contributed by atoms with Crippen LogP contribution >= 0.6 is 0 Å². The molecule has 1 fully saturated rings. The summed E-state index contributed by atoms with van der Waals surface area (Å²) in [6.45, 7) is 6.76. The molecule has 0 spiro atoms. The molecule has 0 amide bonds. The van der Waals surface area contributed by atoms with Gasteiger partial charge in [0.25, 0.3) is 0 Å². The maximum Gasteiger partial charge on any atom is 0.211 e. The second-order valence-electron chi connectivity index (χ2n) is 2.41. The van der Waals surface area contributed by atoms with Gasteiger partial charge in [-0.15, -0.1) is 0 Å². The van der Waals surface area contributed by atoms with Crippen LogP contribution in [0.2, 0.25) is 0 Å². The highest BCUT2D eigenvalue weighted by Crippen LogP contribution is 1.97. The zero-order valence-electron chi connectivity index (χ0n) is 8.00. The molecule has 0 atom stereocenters. The van der Waals surface area contributed by atoms with Gasteiger partial charge in [0.15, 0.2) is 0 Å². The van der Waals surface area contributed by atoms with E-state index in [-0.39, 0.29) is 0 Å². The summed E-state index contributed by atoms with van der Waals surface area (Å²) in [4.78, 5) is 0. The highest BCUT2D eigenvalue weighted by atomic mass is 32.2. The Morgan fingerprint density at radius 2 is 1.58 bits per heavy atom. The van der Waals surface area contributed by atoms with Crippen LogP contribution in [0, 0.1) is 0 Å². The van der Waals surface area contributed by atoms with Crippen LogP contribution in [0.3, 0.4) is 0 Å². The molecule has 1 rings (SSSR count). The fourth-order valence-electron chi connectivity index (χ4n) is 0.976. The van der Waals surface area contributed by atoms with Gasteiger partial charge in [0, 0.05) is 26.2 Å². The third-order valence-corrected chi connectivity index (χ3v) is 2.85. The third kappa shape index (κ3) is 4.04. The number of sulfonamides is 1. The van der Waals surface area contributed by atoms with Gasteiger partial charge in [0.2, 0.25) is 10.0 Å². The number of nitrogens with zero attached hydrogens (tertiary/aromatic N) is 1. The van der Waals surface area contributed by atoms with Crippen molar-refractivity contribution in [3.05, 3.63) is 0 Å². The lowest BCUT2D eigenvalue weighted by Crippen LogP contribution is -2.45. The fourth-order valence-corrected chi connectivity index (χ4v) is 1.82. The number of hydrogen-bond donors (Lipinski definition) is 1. The van der Waals surface area contributed by atoms with Gasteiger partial charge in [0.05, 0.1) is 6.26 Å². The summed E-state index contributed by atoms with van der Waals surface area (Å²) < 4.78 is 23.3. The summed E-state index contributed by atoms with van der Waals surface area (Å²) in [6, 6.07) is 0. The molecule has 0 bridgehead atoms. The summed E-state index contributed by atoms with van der Waals surface area (Å²) >= 11 is 0. The summed E-state index contributed by atoms with van der Waals surface area (Å²) in [5.41, 5.74) is 0. The van der Waals surface area contributed by atoms with E-state index in [0.717, 1.165) is 13.1 Å². The van der Waals surface area contributed by atoms with E-state index in [1.807, 2.05) is 13.8 Å². The standard InChI is InChI=1S/C5H12N2O2S.C2H6/c1-10(8,9)7-4-2-6-3-5-7;1-2/h6H,2-5H2,1H3;1-2H3. The lowest BCUT2D eigenvalue weighted by atomic mass is 10.4. The third-order valence-electron chi connectivity index (χ3n) is 1.54. The zero-order valence-corrected chi connectivity index (χ0v) is 8.82. The number of rotatable bonds is 1. The fraction of sp³-hybridized carbons (Fsp3) is 1.00. The molecule has 0 aliphatic carbocycles. The van der Waals surface area contributed by atoms with Crippen LogP contribution in [0.15, 0.2) is 0 Å². The van der Waals surface area contributed by atoms with Gasteiger partial charge in [-0.1, -0.05) is 13.8 Å². The molecule has 1 aliphatic rings. The average molecular weight is 194 g/mol. The molecule has 0 aromatic rings. The van der Waals surface area contributed by atoms with E-state index in [9.17, 15) is 8.42 Å². The minimum atomic E-state index is -2.93. The molecular weight excluding hydrogens is 176 g/mol. The van der Waals surface area contributed by atoms with Gasteiger partial charge in [0.1, 0.15) is 0 Å². The smallest absolute Gasteiger partial charge is 0.211 e. The molecule has 1 aliphatic heterocycles. The Morgan fingerprint density at radius 1 is 1.17 bits per heavy atom. The van der Waals surface area contributed by atoms with Crippen molar-refractivity contribution in [3.63, 3.8) is 0 Å². The van der Waals surface area contributed by atoms with Crippen LogP contribution in [-0.2, 0) is 10.0 Å². The molecule has 0 unspecified atom stereocenters. The van der Waals surface area contributed by atoms with Gasteiger partial charge >= 0.3 is 0 Å². The van der Waals surface area contributed by atoms with E-state index < -0.39 is 10.0 Å². The van der Waals surface area contributed by atoms with Gasteiger partial charge in [-0.05, 0) is 0 Å². The average Bonchev–Trinajstić information content (AvgIpc) is 2.08. The number of nitrogens with one attached hydrogen (secondary N) is 1. The predicted octanol–water partition coefficient (Wildman–Crippen LogP) is -0.123. The minimum absolute atomic E-state index is 0.610. The molecule has 0 aromatic carbocycles. The van der Waals surface area contributed by atoms with Gasteiger partial charge in [-0.3, -0.25) is 0 Å². The van der Waals surface area contributed by atoms with Crippen molar-refractivity contribution in [1.82, 2.24) is 9.62 Å². The topological polar surface area (TPSA) is 49.4 Å². The molecule has 1 saturated heterocycles. The first-order valence-corrected chi connectivity index (χ1v) is 6.11. The Balaban J connectivity index is 0.000000561. The monoisotopic (exact) mass is 194 g/mol. The highest BCUT2D eigenvalue weighted by Gasteiger charge is 2.17. The lowest BCUT2D eigenvalue weighted by Gasteiger charge is -2.24. The van der Waals surface area contributed by atoms with Crippen LogP contribution in [-0.4, -0.2) is 45.2 Å². The largest absolute Gasteiger partial charge is 0.314 e. The quantitative estimate of drug-likeness (QED) is 0.633. The molecular formula is C7H18N2O2S. The molecule has 1 N–H and O–H groups in total. The van der Waals surface area contributed by atoms with Crippen LogP contribution in [0.5, 0.6) is 0 Å². The van der Waals surface area contributed by atoms with Crippen LogP contribution in [0.1, 0.15) is 13.8 Å². The first kappa shape index (κ1) is 11.9. The Labute approximate surface area is 75.0 Å². The van der Waals surface area contributed by atoms with Gasteiger partial charge in [-0.2, -0.15) is 4.31 Å². The molecule has 5 heteroatoms. The van der Waals surface area contributed by atoms with Crippen LogP contribution in [0.25, 0.3) is 0 Å². The number of piperazine rings is 1. The van der Waals surface area contributed by atoms with E-state index >= 15 is 0 Å². The van der Waals surface area contributed by atoms with Crippen molar-refractivity contribution >= 4 is 10.0 Å². The second kappa shape index (κ2) is 5.50. The zero-order chi connectivity index (χ0) is 9.61. The van der Waals surface area contributed by atoms with Gasteiger partial charge < -0.3 is 5.32 Å². The molecule has 4 nitrogen and oxygen atoms in total. The van der Waals surface area contributed by atoms with E-state index in [0.29, 0.717) is 13.1 Å². The van der Waals surface area contributed by atoms with E-state index in [1.54, 1.807) is 0 Å². The summed E-state index contributed by atoms with van der Waals surface area (Å²) in [5, 5.41) is 3.08.